The first-order valence-electron chi connectivity index (χ1n) is 8.34. The molecule has 5 nitrogen and oxygen atoms in total. The molecule has 1 N–H and O–H groups in total. The van der Waals surface area contributed by atoms with Crippen LogP contribution in [0.2, 0.25) is 10.0 Å². The molecule has 3 rings (SSSR count). The van der Waals surface area contributed by atoms with Crippen LogP contribution in [0.3, 0.4) is 0 Å². The molecule has 3 aromatic rings. The number of anilines is 1. The Balaban J connectivity index is 1.93. The molecule has 0 aliphatic carbocycles. The fourth-order valence-electron chi connectivity index (χ4n) is 3.01. The third-order valence-electron chi connectivity index (χ3n) is 4.39. The van der Waals surface area contributed by atoms with Gasteiger partial charge in [-0.05, 0) is 56.3 Å². The molecule has 0 radical (unpaired) electrons. The monoisotopic (exact) mass is 436 g/mol. The zero-order valence-corrected chi connectivity index (χ0v) is 17.8. The highest BCUT2D eigenvalue weighted by molar-refractivity contribution is 7.90. The predicted octanol–water partition coefficient (Wildman–Crippen LogP) is 5.06. The smallest absolute Gasteiger partial charge is 0.257 e. The second-order valence-corrected chi connectivity index (χ2v) is 9.24. The van der Waals surface area contributed by atoms with Crippen molar-refractivity contribution in [2.75, 3.05) is 11.6 Å². The van der Waals surface area contributed by atoms with Crippen molar-refractivity contribution in [2.24, 2.45) is 0 Å². The number of halogens is 2. The van der Waals surface area contributed by atoms with E-state index in [1.54, 1.807) is 30.3 Å². The first-order chi connectivity index (χ1) is 13.1. The highest BCUT2D eigenvalue weighted by Gasteiger charge is 2.19. The molecule has 0 spiro atoms. The van der Waals surface area contributed by atoms with Gasteiger partial charge < -0.3 is 9.88 Å². The van der Waals surface area contributed by atoms with Gasteiger partial charge in [0.05, 0.1) is 26.2 Å². The van der Waals surface area contributed by atoms with Crippen molar-refractivity contribution in [2.45, 2.75) is 18.7 Å². The summed E-state index contributed by atoms with van der Waals surface area (Å²) in [5, 5.41) is 3.63. The Morgan fingerprint density at radius 3 is 2.29 bits per heavy atom. The summed E-state index contributed by atoms with van der Waals surface area (Å²) in [5.41, 5.74) is 3.23. The summed E-state index contributed by atoms with van der Waals surface area (Å²) in [6.45, 7) is 3.70. The molecule has 1 heterocycles. The standard InChI is InChI=1S/C20H18Cl2N2O3S/c1-12-11-16(13(2)24(12)18-6-4-5-17(21)19(18)22)20(25)23-14-7-9-15(10-8-14)28(3,26)27/h4-11H,1-3H3,(H,23,25). The maximum Gasteiger partial charge on any atom is 0.257 e. The molecule has 0 saturated heterocycles. The van der Waals surface area contributed by atoms with Crippen molar-refractivity contribution in [1.29, 1.82) is 0 Å². The van der Waals surface area contributed by atoms with Gasteiger partial charge >= 0.3 is 0 Å². The lowest BCUT2D eigenvalue weighted by molar-refractivity contribution is 0.102. The minimum Gasteiger partial charge on any atom is -0.322 e. The SMILES string of the molecule is Cc1cc(C(=O)Nc2ccc(S(C)(=O)=O)cc2)c(C)n1-c1cccc(Cl)c1Cl. The molecule has 0 saturated carbocycles. The number of nitrogens with zero attached hydrogens (tertiary/aromatic N) is 1. The Kier molecular flexibility index (Phi) is 5.57. The fraction of sp³-hybridized carbons (Fsp3) is 0.150. The zero-order valence-electron chi connectivity index (χ0n) is 15.5. The average molecular weight is 437 g/mol. The van der Waals surface area contributed by atoms with Crippen LogP contribution in [0.5, 0.6) is 0 Å². The lowest BCUT2D eigenvalue weighted by atomic mass is 10.2. The molecule has 0 unspecified atom stereocenters. The zero-order chi connectivity index (χ0) is 20.6. The van der Waals surface area contributed by atoms with Crippen LogP contribution < -0.4 is 5.32 Å². The molecule has 0 aliphatic heterocycles. The van der Waals surface area contributed by atoms with Crippen LogP contribution in [-0.2, 0) is 9.84 Å². The molecule has 1 aromatic heterocycles. The van der Waals surface area contributed by atoms with Crippen LogP contribution in [0.4, 0.5) is 5.69 Å². The van der Waals surface area contributed by atoms with Crippen LogP contribution in [0, 0.1) is 13.8 Å². The Morgan fingerprint density at radius 1 is 1.04 bits per heavy atom. The van der Waals surface area contributed by atoms with Gasteiger partial charge in [0.1, 0.15) is 0 Å². The van der Waals surface area contributed by atoms with E-state index in [9.17, 15) is 13.2 Å². The first kappa shape index (κ1) is 20.5. The van der Waals surface area contributed by atoms with E-state index < -0.39 is 9.84 Å². The third-order valence-corrected chi connectivity index (χ3v) is 6.33. The summed E-state index contributed by atoms with van der Waals surface area (Å²) in [6, 6.07) is 13.1. The number of benzene rings is 2. The predicted molar refractivity (Wildman–Crippen MR) is 113 cm³/mol. The Bertz CT molecular complexity index is 1170. The largest absolute Gasteiger partial charge is 0.322 e. The molecule has 28 heavy (non-hydrogen) atoms. The summed E-state index contributed by atoms with van der Waals surface area (Å²) < 4.78 is 25.0. The van der Waals surface area contributed by atoms with Crippen molar-refractivity contribution in [3.05, 3.63) is 75.5 Å². The van der Waals surface area contributed by atoms with Gasteiger partial charge in [0.15, 0.2) is 9.84 Å². The lowest BCUT2D eigenvalue weighted by Gasteiger charge is -2.13. The van der Waals surface area contributed by atoms with E-state index in [1.165, 1.54) is 12.1 Å². The van der Waals surface area contributed by atoms with E-state index in [1.807, 2.05) is 24.5 Å². The van der Waals surface area contributed by atoms with Gasteiger partial charge in [-0.2, -0.15) is 0 Å². The van der Waals surface area contributed by atoms with Gasteiger partial charge in [0, 0.05) is 23.3 Å². The quantitative estimate of drug-likeness (QED) is 0.621. The summed E-state index contributed by atoms with van der Waals surface area (Å²) in [4.78, 5) is 13.0. The van der Waals surface area contributed by atoms with Crippen molar-refractivity contribution in [3.8, 4) is 5.69 Å². The van der Waals surface area contributed by atoms with Crippen LogP contribution in [0.1, 0.15) is 21.7 Å². The molecular formula is C20H18Cl2N2O3S. The summed E-state index contributed by atoms with van der Waals surface area (Å²) >= 11 is 12.5. The fourth-order valence-corrected chi connectivity index (χ4v) is 4.02. The number of nitrogens with one attached hydrogen (secondary N) is 1. The molecule has 0 atom stereocenters. The van der Waals surface area contributed by atoms with Crippen LogP contribution >= 0.6 is 23.2 Å². The average Bonchev–Trinajstić information content (AvgIpc) is 2.92. The van der Waals surface area contributed by atoms with Crippen molar-refractivity contribution >= 4 is 44.6 Å². The number of carbonyl (C=O) groups is 1. The Hall–Kier alpha value is -2.28. The van der Waals surface area contributed by atoms with Crippen LogP contribution in [0.25, 0.3) is 5.69 Å². The van der Waals surface area contributed by atoms with E-state index >= 15 is 0 Å². The number of aryl methyl sites for hydroxylation is 1. The first-order valence-corrected chi connectivity index (χ1v) is 11.0. The number of aromatic nitrogens is 1. The highest BCUT2D eigenvalue weighted by atomic mass is 35.5. The highest BCUT2D eigenvalue weighted by Crippen LogP contribution is 2.31. The molecule has 0 aliphatic rings. The van der Waals surface area contributed by atoms with Gasteiger partial charge in [-0.3, -0.25) is 4.79 Å². The molecule has 1 amide bonds. The molecular weight excluding hydrogens is 419 g/mol. The lowest BCUT2D eigenvalue weighted by Crippen LogP contribution is -2.13. The Morgan fingerprint density at radius 2 is 1.68 bits per heavy atom. The normalized spacial score (nSPS) is 11.5. The van der Waals surface area contributed by atoms with E-state index in [-0.39, 0.29) is 10.8 Å². The van der Waals surface area contributed by atoms with E-state index in [4.69, 9.17) is 23.2 Å². The molecule has 146 valence electrons. The molecule has 8 heteroatoms. The minimum atomic E-state index is -3.29. The second kappa shape index (κ2) is 7.62. The number of hydrogen-bond acceptors (Lipinski definition) is 3. The van der Waals surface area contributed by atoms with E-state index in [0.29, 0.717) is 32.7 Å². The van der Waals surface area contributed by atoms with E-state index in [2.05, 4.69) is 5.32 Å². The molecule has 0 fully saturated rings. The number of carbonyl (C=O) groups excluding carboxylic acids is 1. The van der Waals surface area contributed by atoms with E-state index in [0.717, 1.165) is 11.9 Å². The second-order valence-electron chi connectivity index (χ2n) is 6.44. The van der Waals surface area contributed by atoms with Gasteiger partial charge in [-0.15, -0.1) is 0 Å². The maximum atomic E-state index is 12.8. The number of amides is 1. The van der Waals surface area contributed by atoms with Crippen molar-refractivity contribution in [1.82, 2.24) is 4.57 Å². The maximum absolute atomic E-state index is 12.8. The number of hydrogen-bond donors (Lipinski definition) is 1. The van der Waals surface area contributed by atoms with Gasteiger partial charge in [0.25, 0.3) is 5.91 Å². The van der Waals surface area contributed by atoms with Gasteiger partial charge in [-0.1, -0.05) is 29.3 Å². The molecule has 2 aromatic carbocycles. The topological polar surface area (TPSA) is 68.2 Å². The summed E-state index contributed by atoms with van der Waals surface area (Å²) in [7, 11) is -3.29. The van der Waals surface area contributed by atoms with Crippen molar-refractivity contribution < 1.29 is 13.2 Å². The van der Waals surface area contributed by atoms with Crippen LogP contribution in [-0.4, -0.2) is 25.1 Å². The molecule has 0 bridgehead atoms. The number of rotatable bonds is 4. The summed E-state index contributed by atoms with van der Waals surface area (Å²) in [5.74, 6) is -0.301. The third kappa shape index (κ3) is 3.94. The van der Waals surface area contributed by atoms with Crippen molar-refractivity contribution in [3.63, 3.8) is 0 Å². The van der Waals surface area contributed by atoms with Gasteiger partial charge in [-0.25, -0.2) is 8.42 Å². The minimum absolute atomic E-state index is 0.194. The van der Waals surface area contributed by atoms with Gasteiger partial charge in [0.2, 0.25) is 0 Å². The van der Waals surface area contributed by atoms with Crippen LogP contribution in [0.15, 0.2) is 53.4 Å². The summed E-state index contributed by atoms with van der Waals surface area (Å²) in [6.07, 6.45) is 1.14. The number of sulfone groups is 1. The Labute approximate surface area is 173 Å².